The van der Waals surface area contributed by atoms with Crippen molar-refractivity contribution in [3.8, 4) is 11.4 Å². The van der Waals surface area contributed by atoms with E-state index in [0.29, 0.717) is 5.95 Å². The van der Waals surface area contributed by atoms with E-state index in [9.17, 15) is 0 Å². The van der Waals surface area contributed by atoms with Crippen LogP contribution in [0.5, 0.6) is 5.75 Å². The summed E-state index contributed by atoms with van der Waals surface area (Å²) >= 11 is 0. The Labute approximate surface area is 193 Å². The third-order valence-electron chi connectivity index (χ3n) is 6.13. The van der Waals surface area contributed by atoms with Crippen LogP contribution in [0.25, 0.3) is 5.69 Å². The van der Waals surface area contributed by atoms with Gasteiger partial charge in [0, 0.05) is 48.7 Å². The number of imidazole rings is 1. The van der Waals surface area contributed by atoms with Crippen LogP contribution < -0.4 is 15.4 Å². The summed E-state index contributed by atoms with van der Waals surface area (Å²) in [6.45, 7) is 5.82. The number of anilines is 2. The van der Waals surface area contributed by atoms with Crippen molar-refractivity contribution >= 4 is 11.6 Å². The monoisotopic (exact) mass is 440 g/mol. The van der Waals surface area contributed by atoms with E-state index in [-0.39, 0.29) is 5.92 Å². The molecular weight excluding hydrogens is 412 g/mol. The van der Waals surface area contributed by atoms with Crippen molar-refractivity contribution in [1.82, 2.24) is 24.8 Å². The number of benzene rings is 2. The van der Waals surface area contributed by atoms with Crippen molar-refractivity contribution in [2.24, 2.45) is 0 Å². The first-order chi connectivity index (χ1) is 16.2. The SMILES string of the molecule is CCc1ccccc1C1CNCc2cnc(Nc3ccc(-n4cnc(C)c4)c(OC)c3)nc21. The quantitative estimate of drug-likeness (QED) is 0.459. The smallest absolute Gasteiger partial charge is 0.227 e. The van der Waals surface area contributed by atoms with Gasteiger partial charge >= 0.3 is 0 Å². The first-order valence-corrected chi connectivity index (χ1v) is 11.3. The molecule has 1 atom stereocenters. The van der Waals surface area contributed by atoms with E-state index < -0.39 is 0 Å². The van der Waals surface area contributed by atoms with Gasteiger partial charge < -0.3 is 19.9 Å². The van der Waals surface area contributed by atoms with Crippen LogP contribution in [-0.2, 0) is 13.0 Å². The van der Waals surface area contributed by atoms with Gasteiger partial charge in [-0.2, -0.15) is 0 Å². The highest BCUT2D eigenvalue weighted by molar-refractivity contribution is 5.62. The fraction of sp³-hybridized carbons (Fsp3) is 0.269. The summed E-state index contributed by atoms with van der Waals surface area (Å²) in [5.41, 5.74) is 7.68. The summed E-state index contributed by atoms with van der Waals surface area (Å²) in [5.74, 6) is 1.53. The molecule has 1 aliphatic heterocycles. The lowest BCUT2D eigenvalue weighted by molar-refractivity contribution is 0.413. The lowest BCUT2D eigenvalue weighted by atomic mass is 9.86. The molecule has 5 rings (SSSR count). The molecule has 0 amide bonds. The average Bonchev–Trinajstić information content (AvgIpc) is 3.29. The van der Waals surface area contributed by atoms with Crippen LogP contribution in [0.4, 0.5) is 11.6 Å². The van der Waals surface area contributed by atoms with Gasteiger partial charge in [-0.25, -0.2) is 15.0 Å². The molecule has 0 aliphatic carbocycles. The first kappa shape index (κ1) is 21.2. The van der Waals surface area contributed by atoms with Crippen LogP contribution in [-0.4, -0.2) is 33.2 Å². The van der Waals surface area contributed by atoms with Crippen molar-refractivity contribution in [2.45, 2.75) is 32.7 Å². The minimum absolute atomic E-state index is 0.204. The summed E-state index contributed by atoms with van der Waals surface area (Å²) in [5, 5.41) is 6.89. The van der Waals surface area contributed by atoms with Crippen LogP contribution in [0.15, 0.2) is 61.2 Å². The minimum atomic E-state index is 0.204. The van der Waals surface area contributed by atoms with Crippen LogP contribution in [0.1, 0.15) is 40.9 Å². The number of aromatic nitrogens is 4. The Hall–Kier alpha value is -3.71. The topological polar surface area (TPSA) is 76.9 Å². The molecule has 2 aromatic heterocycles. The highest BCUT2D eigenvalue weighted by Gasteiger charge is 2.25. The molecule has 0 radical (unpaired) electrons. The lowest BCUT2D eigenvalue weighted by Gasteiger charge is -2.27. The van der Waals surface area contributed by atoms with Gasteiger partial charge in [0.1, 0.15) is 5.75 Å². The maximum Gasteiger partial charge on any atom is 0.227 e. The third-order valence-corrected chi connectivity index (χ3v) is 6.13. The van der Waals surface area contributed by atoms with Crippen LogP contribution in [0, 0.1) is 6.92 Å². The Morgan fingerprint density at radius 2 is 2.06 bits per heavy atom. The fourth-order valence-electron chi connectivity index (χ4n) is 4.47. The van der Waals surface area contributed by atoms with E-state index in [1.54, 1.807) is 13.4 Å². The average molecular weight is 441 g/mol. The normalized spacial score (nSPS) is 15.2. The summed E-state index contributed by atoms with van der Waals surface area (Å²) in [6, 6.07) is 14.6. The van der Waals surface area contributed by atoms with Crippen LogP contribution in [0.2, 0.25) is 0 Å². The molecule has 7 nitrogen and oxygen atoms in total. The molecule has 4 aromatic rings. The highest BCUT2D eigenvalue weighted by atomic mass is 16.5. The Morgan fingerprint density at radius 3 is 2.85 bits per heavy atom. The number of fused-ring (bicyclic) bond motifs is 1. The molecule has 7 heteroatoms. The maximum absolute atomic E-state index is 5.64. The fourth-order valence-corrected chi connectivity index (χ4v) is 4.47. The molecule has 2 N–H and O–H groups in total. The highest BCUT2D eigenvalue weighted by Crippen LogP contribution is 2.32. The number of aryl methyl sites for hydroxylation is 2. The van der Waals surface area contributed by atoms with Gasteiger partial charge in [-0.3, -0.25) is 0 Å². The molecule has 33 heavy (non-hydrogen) atoms. The predicted octanol–water partition coefficient (Wildman–Crippen LogP) is 4.52. The van der Waals surface area contributed by atoms with Crippen LogP contribution >= 0.6 is 0 Å². The van der Waals surface area contributed by atoms with E-state index in [1.165, 1.54) is 11.1 Å². The molecule has 0 bridgehead atoms. The van der Waals surface area contributed by atoms with E-state index >= 15 is 0 Å². The summed E-state index contributed by atoms with van der Waals surface area (Å²) in [4.78, 5) is 13.9. The van der Waals surface area contributed by atoms with Gasteiger partial charge in [0.25, 0.3) is 0 Å². The largest absolute Gasteiger partial charge is 0.494 e. The zero-order valence-electron chi connectivity index (χ0n) is 19.2. The van der Waals surface area contributed by atoms with Gasteiger partial charge in [0.15, 0.2) is 0 Å². The number of ether oxygens (including phenoxy) is 1. The molecule has 0 saturated carbocycles. The zero-order valence-corrected chi connectivity index (χ0v) is 19.2. The second-order valence-corrected chi connectivity index (χ2v) is 8.27. The van der Waals surface area contributed by atoms with Crippen molar-refractivity contribution < 1.29 is 4.74 Å². The molecule has 168 valence electrons. The number of nitrogens with one attached hydrogen (secondary N) is 2. The molecule has 0 spiro atoms. The molecule has 1 aliphatic rings. The Kier molecular flexibility index (Phi) is 5.79. The Balaban J connectivity index is 1.46. The van der Waals surface area contributed by atoms with Crippen molar-refractivity contribution in [3.63, 3.8) is 0 Å². The molecule has 2 aromatic carbocycles. The summed E-state index contributed by atoms with van der Waals surface area (Å²) in [6.07, 6.45) is 6.69. The summed E-state index contributed by atoms with van der Waals surface area (Å²) < 4.78 is 7.60. The van der Waals surface area contributed by atoms with E-state index in [0.717, 1.165) is 53.6 Å². The molecule has 0 fully saturated rings. The molecule has 0 saturated heterocycles. The molecular formula is C26H28N6O. The van der Waals surface area contributed by atoms with Gasteiger partial charge in [-0.05, 0) is 36.6 Å². The third kappa shape index (κ3) is 4.19. The summed E-state index contributed by atoms with van der Waals surface area (Å²) in [7, 11) is 1.67. The standard InChI is InChI=1S/C26H28N6O/c1-4-18-7-5-6-8-21(18)22-14-27-12-19-13-28-26(31-25(19)22)30-20-9-10-23(24(11-20)33-3)32-15-17(2)29-16-32/h5-11,13,15-16,22,27H,4,12,14H2,1-3H3,(H,28,30,31). The lowest BCUT2D eigenvalue weighted by Crippen LogP contribution is -2.30. The van der Waals surface area contributed by atoms with E-state index in [1.807, 2.05) is 42.1 Å². The van der Waals surface area contributed by atoms with Crippen LogP contribution in [0.3, 0.4) is 0 Å². The predicted molar refractivity (Wildman–Crippen MR) is 130 cm³/mol. The maximum atomic E-state index is 5.64. The number of rotatable bonds is 6. The number of hydrogen-bond donors (Lipinski definition) is 2. The first-order valence-electron chi connectivity index (χ1n) is 11.3. The zero-order chi connectivity index (χ0) is 22.8. The molecule has 3 heterocycles. The van der Waals surface area contributed by atoms with Gasteiger partial charge in [0.2, 0.25) is 5.95 Å². The molecule has 1 unspecified atom stereocenters. The Bertz CT molecular complexity index is 1280. The minimum Gasteiger partial charge on any atom is -0.494 e. The van der Waals surface area contributed by atoms with E-state index in [4.69, 9.17) is 9.72 Å². The number of methoxy groups -OCH3 is 1. The van der Waals surface area contributed by atoms with Gasteiger partial charge in [-0.15, -0.1) is 0 Å². The second kappa shape index (κ2) is 9.03. The Morgan fingerprint density at radius 1 is 1.18 bits per heavy atom. The second-order valence-electron chi connectivity index (χ2n) is 8.27. The number of hydrogen-bond acceptors (Lipinski definition) is 6. The van der Waals surface area contributed by atoms with Crippen molar-refractivity contribution in [3.05, 3.63) is 89.3 Å². The van der Waals surface area contributed by atoms with Gasteiger partial charge in [0.05, 0.1) is 30.5 Å². The van der Waals surface area contributed by atoms with Crippen molar-refractivity contribution in [1.29, 1.82) is 0 Å². The van der Waals surface area contributed by atoms with E-state index in [2.05, 4.69) is 51.8 Å². The number of nitrogens with zero attached hydrogens (tertiary/aromatic N) is 4. The van der Waals surface area contributed by atoms with Gasteiger partial charge in [-0.1, -0.05) is 31.2 Å². The van der Waals surface area contributed by atoms with Crippen molar-refractivity contribution in [2.75, 3.05) is 19.0 Å².